The first-order valence-electron chi connectivity index (χ1n) is 10.9. The number of benzene rings is 1. The Hall–Kier alpha value is -2.14. The first kappa shape index (κ1) is 21.6. The molecule has 2 aliphatic heterocycles. The molecule has 5 heteroatoms. The molecule has 0 aromatic heterocycles. The lowest BCUT2D eigenvalue weighted by molar-refractivity contribution is -0.133. The van der Waals surface area contributed by atoms with Crippen LogP contribution in [0.25, 0.3) is 6.08 Å². The molecule has 158 valence electrons. The number of allylic oxidation sites excluding steroid dienone is 1. The number of hydrogen-bond donors (Lipinski definition) is 0. The molecule has 2 aliphatic rings. The number of aliphatic imine (C=N–C) groups is 1. The predicted octanol–water partition coefficient (Wildman–Crippen LogP) is 4.10. The van der Waals surface area contributed by atoms with Crippen LogP contribution in [-0.2, 0) is 4.79 Å². The first-order chi connectivity index (χ1) is 13.9. The predicted molar refractivity (Wildman–Crippen MR) is 122 cm³/mol. The number of amides is 1. The standard InChI is InChI=1S/C24H36N4O/c1-18-8-9-23(25-4)21(15-18)16-20(3)26(5)22-10-13-27(14-11-22)17-24(29)28-12-6-7-19(28)2/h8-9,15-16,19,22H,4,6-7,10-14,17H2,1-3,5H3/b20-16+/t19-/m1/s1. The van der Waals surface area contributed by atoms with Crippen molar-refractivity contribution in [3.63, 3.8) is 0 Å². The maximum absolute atomic E-state index is 12.6. The fourth-order valence-electron chi connectivity index (χ4n) is 4.60. The van der Waals surface area contributed by atoms with Gasteiger partial charge in [0, 0.05) is 50.0 Å². The molecule has 2 fully saturated rings. The third-order valence-electron chi connectivity index (χ3n) is 6.61. The van der Waals surface area contributed by atoms with Crippen molar-refractivity contribution in [3.05, 3.63) is 35.0 Å². The SMILES string of the molecule is C=Nc1ccc(C)cc1/C=C(\C)N(C)C1CCN(CC(=O)N2CCC[C@H]2C)CC1. The summed E-state index contributed by atoms with van der Waals surface area (Å²) >= 11 is 0. The Kier molecular flexibility index (Phi) is 7.12. The van der Waals surface area contributed by atoms with Gasteiger partial charge in [0.25, 0.3) is 0 Å². The number of hydrogen-bond acceptors (Lipinski definition) is 4. The van der Waals surface area contributed by atoms with Gasteiger partial charge in [-0.1, -0.05) is 11.6 Å². The van der Waals surface area contributed by atoms with Gasteiger partial charge in [0.15, 0.2) is 0 Å². The van der Waals surface area contributed by atoms with Crippen molar-refractivity contribution < 1.29 is 4.79 Å². The number of piperidine rings is 1. The van der Waals surface area contributed by atoms with Crippen molar-refractivity contribution in [3.8, 4) is 0 Å². The Morgan fingerprint density at radius 1 is 1.28 bits per heavy atom. The van der Waals surface area contributed by atoms with E-state index in [1.54, 1.807) is 0 Å². The second kappa shape index (κ2) is 9.57. The zero-order chi connectivity index (χ0) is 21.0. The van der Waals surface area contributed by atoms with Gasteiger partial charge in [-0.05, 0) is 71.4 Å². The minimum Gasteiger partial charge on any atom is -0.375 e. The van der Waals surface area contributed by atoms with Crippen LogP contribution >= 0.6 is 0 Å². The van der Waals surface area contributed by atoms with Gasteiger partial charge < -0.3 is 9.80 Å². The highest BCUT2D eigenvalue weighted by atomic mass is 16.2. The summed E-state index contributed by atoms with van der Waals surface area (Å²) in [5, 5.41) is 0. The Morgan fingerprint density at radius 3 is 2.62 bits per heavy atom. The van der Waals surface area contributed by atoms with Crippen molar-refractivity contribution >= 4 is 24.4 Å². The average molecular weight is 397 g/mol. The maximum Gasteiger partial charge on any atom is 0.236 e. The summed E-state index contributed by atoms with van der Waals surface area (Å²) in [6, 6.07) is 7.18. The van der Waals surface area contributed by atoms with Gasteiger partial charge in [0.2, 0.25) is 5.91 Å². The number of likely N-dealkylation sites (tertiary alicyclic amines) is 2. The summed E-state index contributed by atoms with van der Waals surface area (Å²) in [6.07, 6.45) is 6.68. The molecule has 0 unspecified atom stereocenters. The van der Waals surface area contributed by atoms with E-state index in [0.29, 0.717) is 24.5 Å². The number of rotatable bonds is 6. The van der Waals surface area contributed by atoms with Crippen LogP contribution in [0.3, 0.4) is 0 Å². The third-order valence-corrected chi connectivity index (χ3v) is 6.61. The van der Waals surface area contributed by atoms with E-state index in [9.17, 15) is 4.79 Å². The van der Waals surface area contributed by atoms with Gasteiger partial charge in [-0.25, -0.2) is 0 Å². The van der Waals surface area contributed by atoms with E-state index in [1.807, 2.05) is 6.07 Å². The normalized spacial score (nSPS) is 21.4. The zero-order valence-corrected chi connectivity index (χ0v) is 18.5. The van der Waals surface area contributed by atoms with Crippen LogP contribution in [0.2, 0.25) is 0 Å². The van der Waals surface area contributed by atoms with Gasteiger partial charge in [-0.2, -0.15) is 0 Å². The molecule has 2 heterocycles. The summed E-state index contributed by atoms with van der Waals surface area (Å²) in [5.41, 5.74) is 4.50. The lowest BCUT2D eigenvalue weighted by Gasteiger charge is -2.38. The van der Waals surface area contributed by atoms with Gasteiger partial charge in [0.1, 0.15) is 0 Å². The molecule has 0 aliphatic carbocycles. The Bertz CT molecular complexity index is 764. The van der Waals surface area contributed by atoms with Crippen LogP contribution in [-0.4, -0.2) is 72.6 Å². The number of carbonyl (C=O) groups excluding carboxylic acids is 1. The van der Waals surface area contributed by atoms with Crippen LogP contribution in [0.1, 0.15) is 50.7 Å². The average Bonchev–Trinajstić information content (AvgIpc) is 3.14. The van der Waals surface area contributed by atoms with Crippen LogP contribution in [0.15, 0.2) is 28.9 Å². The first-order valence-corrected chi connectivity index (χ1v) is 10.9. The molecule has 1 atom stereocenters. The van der Waals surface area contributed by atoms with E-state index in [1.165, 1.54) is 11.3 Å². The highest BCUT2D eigenvalue weighted by Crippen LogP contribution is 2.26. The molecule has 0 bridgehead atoms. The summed E-state index contributed by atoms with van der Waals surface area (Å²) in [5.74, 6) is 0.307. The third kappa shape index (κ3) is 5.27. The van der Waals surface area contributed by atoms with Gasteiger partial charge in [0.05, 0.1) is 12.2 Å². The number of carbonyl (C=O) groups is 1. The molecule has 1 aromatic carbocycles. The van der Waals surface area contributed by atoms with E-state index < -0.39 is 0 Å². The zero-order valence-electron chi connectivity index (χ0n) is 18.5. The lowest BCUT2D eigenvalue weighted by atomic mass is 10.0. The molecular weight excluding hydrogens is 360 g/mol. The van der Waals surface area contributed by atoms with E-state index in [-0.39, 0.29) is 0 Å². The van der Waals surface area contributed by atoms with Crippen molar-refractivity contribution in [1.29, 1.82) is 0 Å². The van der Waals surface area contributed by atoms with Gasteiger partial charge in [-0.15, -0.1) is 0 Å². The molecular formula is C24H36N4O. The number of nitrogens with zero attached hydrogens (tertiary/aromatic N) is 4. The van der Waals surface area contributed by atoms with Crippen LogP contribution < -0.4 is 0 Å². The Morgan fingerprint density at radius 2 is 2.00 bits per heavy atom. The maximum atomic E-state index is 12.6. The van der Waals surface area contributed by atoms with Crippen molar-refractivity contribution in [2.75, 3.05) is 33.2 Å². The molecule has 3 rings (SSSR count). The highest BCUT2D eigenvalue weighted by Gasteiger charge is 2.28. The second-order valence-corrected chi connectivity index (χ2v) is 8.70. The summed E-state index contributed by atoms with van der Waals surface area (Å²) in [7, 11) is 2.18. The van der Waals surface area contributed by atoms with Crippen molar-refractivity contribution in [2.24, 2.45) is 4.99 Å². The van der Waals surface area contributed by atoms with E-state index in [4.69, 9.17) is 0 Å². The second-order valence-electron chi connectivity index (χ2n) is 8.70. The fraction of sp³-hybridized carbons (Fsp3) is 0.583. The Balaban J connectivity index is 1.55. The Labute approximate surface area is 176 Å². The molecule has 1 aromatic rings. The van der Waals surface area contributed by atoms with E-state index in [0.717, 1.165) is 56.6 Å². The largest absolute Gasteiger partial charge is 0.375 e. The molecule has 0 spiro atoms. The molecule has 0 N–H and O–H groups in total. The van der Waals surface area contributed by atoms with Crippen molar-refractivity contribution in [1.82, 2.24) is 14.7 Å². The van der Waals surface area contributed by atoms with Crippen LogP contribution in [0, 0.1) is 6.92 Å². The van der Waals surface area contributed by atoms with Gasteiger partial charge in [-0.3, -0.25) is 14.7 Å². The molecule has 29 heavy (non-hydrogen) atoms. The van der Waals surface area contributed by atoms with Crippen molar-refractivity contribution in [2.45, 2.75) is 58.5 Å². The summed E-state index contributed by atoms with van der Waals surface area (Å²) in [4.78, 5) is 23.5. The minimum atomic E-state index is 0.307. The molecule has 0 saturated carbocycles. The van der Waals surface area contributed by atoms with Crippen LogP contribution in [0.4, 0.5) is 5.69 Å². The summed E-state index contributed by atoms with van der Waals surface area (Å²) in [6.45, 7) is 13.6. The minimum absolute atomic E-state index is 0.307. The molecule has 2 saturated heterocycles. The topological polar surface area (TPSA) is 39.1 Å². The summed E-state index contributed by atoms with van der Waals surface area (Å²) < 4.78 is 0. The molecule has 5 nitrogen and oxygen atoms in total. The molecule has 1 amide bonds. The number of aryl methyl sites for hydroxylation is 1. The highest BCUT2D eigenvalue weighted by molar-refractivity contribution is 5.78. The van der Waals surface area contributed by atoms with Gasteiger partial charge >= 0.3 is 0 Å². The monoisotopic (exact) mass is 396 g/mol. The van der Waals surface area contributed by atoms with E-state index >= 15 is 0 Å². The molecule has 0 radical (unpaired) electrons. The smallest absolute Gasteiger partial charge is 0.236 e. The van der Waals surface area contributed by atoms with E-state index in [2.05, 4.69) is 72.4 Å². The quantitative estimate of drug-likeness (QED) is 0.680. The fourth-order valence-corrected chi connectivity index (χ4v) is 4.60. The van der Waals surface area contributed by atoms with Crippen LogP contribution in [0.5, 0.6) is 0 Å². The lowest BCUT2D eigenvalue weighted by Crippen LogP contribution is -2.47.